The first-order chi connectivity index (χ1) is 5.75. The van der Waals surface area contributed by atoms with Crippen LogP contribution in [0, 0.1) is 21.4 Å². The largest absolute Gasteiger partial charge is 0.358 e. The highest BCUT2D eigenvalue weighted by molar-refractivity contribution is 5.21. The minimum absolute atomic E-state index is 0.0326. The lowest BCUT2D eigenvalue weighted by atomic mass is 10.4. The molecule has 5 heteroatoms. The Bertz CT molecular complexity index is 324. The smallest absolute Gasteiger partial charge is 0.323 e. The Balaban J connectivity index is 2.79. The Kier molecular flexibility index (Phi) is 2.43. The normalized spacial score (nSPS) is 9.25. The molecular formula is C7H7N3O2. The molecule has 0 atom stereocenters. The van der Waals surface area contributed by atoms with Crippen molar-refractivity contribution in [2.45, 2.75) is 13.0 Å². The van der Waals surface area contributed by atoms with E-state index in [4.69, 9.17) is 5.26 Å². The van der Waals surface area contributed by atoms with Crippen molar-refractivity contribution in [3.63, 3.8) is 0 Å². The van der Waals surface area contributed by atoms with Crippen LogP contribution < -0.4 is 0 Å². The molecule has 0 saturated carbocycles. The highest BCUT2D eigenvalue weighted by Crippen LogP contribution is 2.11. The van der Waals surface area contributed by atoms with Crippen molar-refractivity contribution >= 4 is 5.82 Å². The zero-order valence-corrected chi connectivity index (χ0v) is 6.30. The van der Waals surface area contributed by atoms with Gasteiger partial charge in [-0.15, -0.1) is 0 Å². The summed E-state index contributed by atoms with van der Waals surface area (Å²) >= 11 is 0. The Morgan fingerprint density at radius 3 is 3.08 bits per heavy atom. The third kappa shape index (κ3) is 1.61. The van der Waals surface area contributed by atoms with Gasteiger partial charge in [-0.25, -0.2) is 4.57 Å². The second-order valence-corrected chi connectivity index (χ2v) is 2.23. The molecule has 1 rings (SSSR count). The second-order valence-electron chi connectivity index (χ2n) is 2.23. The van der Waals surface area contributed by atoms with E-state index in [0.717, 1.165) is 0 Å². The van der Waals surface area contributed by atoms with Gasteiger partial charge in [0.25, 0.3) is 0 Å². The second kappa shape index (κ2) is 3.53. The third-order valence-electron chi connectivity index (χ3n) is 1.46. The molecule has 1 aromatic heterocycles. The molecule has 12 heavy (non-hydrogen) atoms. The van der Waals surface area contributed by atoms with Gasteiger partial charge in [-0.3, -0.25) is 0 Å². The fourth-order valence-corrected chi connectivity index (χ4v) is 0.930. The van der Waals surface area contributed by atoms with Gasteiger partial charge >= 0.3 is 5.82 Å². The zero-order valence-electron chi connectivity index (χ0n) is 6.30. The molecule has 0 unspecified atom stereocenters. The average molecular weight is 165 g/mol. The van der Waals surface area contributed by atoms with Crippen LogP contribution in [0.2, 0.25) is 0 Å². The molecule has 0 amide bonds. The average Bonchev–Trinajstić information content (AvgIpc) is 2.48. The van der Waals surface area contributed by atoms with Crippen molar-refractivity contribution in [1.29, 1.82) is 5.26 Å². The third-order valence-corrected chi connectivity index (χ3v) is 1.46. The summed E-state index contributed by atoms with van der Waals surface area (Å²) in [5.74, 6) is 0.0326. The van der Waals surface area contributed by atoms with E-state index in [2.05, 4.69) is 0 Å². The van der Waals surface area contributed by atoms with E-state index in [9.17, 15) is 10.1 Å². The lowest BCUT2D eigenvalue weighted by Crippen LogP contribution is -2.00. The fraction of sp³-hybridized carbons (Fsp3) is 0.286. The monoisotopic (exact) mass is 165 g/mol. The van der Waals surface area contributed by atoms with E-state index in [-0.39, 0.29) is 12.2 Å². The molecule has 1 aromatic rings. The first-order valence-corrected chi connectivity index (χ1v) is 3.42. The molecule has 0 bridgehead atoms. The van der Waals surface area contributed by atoms with Crippen molar-refractivity contribution in [2.75, 3.05) is 0 Å². The highest BCUT2D eigenvalue weighted by Gasteiger charge is 2.09. The van der Waals surface area contributed by atoms with Gasteiger partial charge in [0, 0.05) is 6.07 Å². The van der Waals surface area contributed by atoms with Crippen LogP contribution in [0.15, 0.2) is 18.3 Å². The van der Waals surface area contributed by atoms with Crippen LogP contribution in [-0.2, 0) is 6.54 Å². The molecule has 1 heterocycles. The maximum absolute atomic E-state index is 10.3. The maximum atomic E-state index is 10.3. The molecular weight excluding hydrogens is 158 g/mol. The van der Waals surface area contributed by atoms with Gasteiger partial charge in [0.2, 0.25) is 0 Å². The molecule has 0 saturated heterocycles. The number of aryl methyl sites for hydroxylation is 1. The number of nitriles is 1. The SMILES string of the molecule is N#CCCn1cccc1[N+](=O)[O-]. The standard InChI is InChI=1S/C7H7N3O2/c8-4-2-6-9-5-1-3-7(9)10(11)12/h1,3,5H,2,6H2. The molecule has 0 radical (unpaired) electrons. The first kappa shape index (κ1) is 8.27. The van der Waals surface area contributed by atoms with Crippen molar-refractivity contribution in [1.82, 2.24) is 4.57 Å². The molecule has 0 aliphatic heterocycles. The van der Waals surface area contributed by atoms with E-state index in [0.29, 0.717) is 6.54 Å². The first-order valence-electron chi connectivity index (χ1n) is 3.42. The Morgan fingerprint density at radius 2 is 2.50 bits per heavy atom. The van der Waals surface area contributed by atoms with Crippen LogP contribution in [0.3, 0.4) is 0 Å². The van der Waals surface area contributed by atoms with E-state index < -0.39 is 4.92 Å². The number of hydrogen-bond donors (Lipinski definition) is 0. The van der Waals surface area contributed by atoms with Gasteiger partial charge in [0.1, 0.15) is 6.54 Å². The molecule has 62 valence electrons. The van der Waals surface area contributed by atoms with Crippen LogP contribution in [0.4, 0.5) is 5.82 Å². The van der Waals surface area contributed by atoms with Crippen LogP contribution in [0.25, 0.3) is 0 Å². The van der Waals surface area contributed by atoms with Gasteiger partial charge in [-0.2, -0.15) is 5.26 Å². The maximum Gasteiger partial charge on any atom is 0.323 e. The number of nitro groups is 1. The van der Waals surface area contributed by atoms with Crippen LogP contribution in [0.1, 0.15) is 6.42 Å². The molecule has 0 aromatic carbocycles. The molecule has 0 N–H and O–H groups in total. The number of aromatic nitrogens is 1. The summed E-state index contributed by atoms with van der Waals surface area (Å²) in [5, 5.41) is 18.6. The van der Waals surface area contributed by atoms with Crippen LogP contribution in [0.5, 0.6) is 0 Å². The predicted octanol–water partition coefficient (Wildman–Crippen LogP) is 1.31. The quantitative estimate of drug-likeness (QED) is 0.500. The number of hydrogen-bond acceptors (Lipinski definition) is 3. The lowest BCUT2D eigenvalue weighted by Gasteiger charge is -1.96. The Labute approximate surface area is 69.0 Å². The predicted molar refractivity (Wildman–Crippen MR) is 41.3 cm³/mol. The summed E-state index contributed by atoms with van der Waals surface area (Å²) in [6.07, 6.45) is 1.88. The fourth-order valence-electron chi connectivity index (χ4n) is 0.930. The lowest BCUT2D eigenvalue weighted by molar-refractivity contribution is -0.392. The molecule has 5 nitrogen and oxygen atoms in total. The van der Waals surface area contributed by atoms with Crippen molar-refractivity contribution in [3.05, 3.63) is 28.4 Å². The van der Waals surface area contributed by atoms with E-state index >= 15 is 0 Å². The van der Waals surface area contributed by atoms with Crippen molar-refractivity contribution in [3.8, 4) is 6.07 Å². The summed E-state index contributed by atoms with van der Waals surface area (Å²) in [4.78, 5) is 9.89. The van der Waals surface area contributed by atoms with Crippen LogP contribution in [-0.4, -0.2) is 9.49 Å². The topological polar surface area (TPSA) is 71.9 Å². The summed E-state index contributed by atoms with van der Waals surface area (Å²) in [6.45, 7) is 0.375. The molecule has 0 aliphatic rings. The van der Waals surface area contributed by atoms with Gasteiger partial charge < -0.3 is 10.1 Å². The van der Waals surface area contributed by atoms with E-state index in [1.165, 1.54) is 10.6 Å². The Hall–Kier alpha value is -1.83. The number of nitrogens with zero attached hydrogens (tertiary/aromatic N) is 3. The minimum Gasteiger partial charge on any atom is -0.358 e. The zero-order chi connectivity index (χ0) is 8.97. The minimum atomic E-state index is -0.461. The van der Waals surface area contributed by atoms with Crippen LogP contribution >= 0.6 is 0 Å². The summed E-state index contributed by atoms with van der Waals surface area (Å²) in [5.41, 5.74) is 0. The van der Waals surface area contributed by atoms with Crippen molar-refractivity contribution < 1.29 is 4.92 Å². The summed E-state index contributed by atoms with van der Waals surface area (Å²) in [6, 6.07) is 4.94. The summed E-state index contributed by atoms with van der Waals surface area (Å²) in [7, 11) is 0. The highest BCUT2D eigenvalue weighted by atomic mass is 16.6. The van der Waals surface area contributed by atoms with Gasteiger partial charge in [-0.05, 0) is 11.0 Å². The van der Waals surface area contributed by atoms with Crippen molar-refractivity contribution in [2.24, 2.45) is 0 Å². The molecule has 0 fully saturated rings. The molecule has 0 aliphatic carbocycles. The summed E-state index contributed by atoms with van der Waals surface area (Å²) < 4.78 is 1.45. The van der Waals surface area contributed by atoms with Gasteiger partial charge in [0.15, 0.2) is 0 Å². The van der Waals surface area contributed by atoms with Gasteiger partial charge in [-0.1, -0.05) is 0 Å². The number of rotatable bonds is 3. The molecule has 0 spiro atoms. The van der Waals surface area contributed by atoms with E-state index in [1.807, 2.05) is 6.07 Å². The Morgan fingerprint density at radius 1 is 1.75 bits per heavy atom. The van der Waals surface area contributed by atoms with Gasteiger partial charge in [0.05, 0.1) is 18.7 Å². The van der Waals surface area contributed by atoms with E-state index in [1.54, 1.807) is 12.3 Å².